The molecule has 2 unspecified atom stereocenters. The number of hydrogen-bond acceptors (Lipinski definition) is 2. The van der Waals surface area contributed by atoms with Crippen LogP contribution in [-0.2, 0) is 0 Å². The molecule has 2 heteroatoms. The van der Waals surface area contributed by atoms with Crippen molar-refractivity contribution >= 4 is 0 Å². The molecule has 0 radical (unpaired) electrons. The highest BCUT2D eigenvalue weighted by molar-refractivity contribution is 4.97. The van der Waals surface area contributed by atoms with Gasteiger partial charge in [-0.2, -0.15) is 0 Å². The number of rotatable bonds is 0. The molecule has 2 bridgehead atoms. The van der Waals surface area contributed by atoms with E-state index in [2.05, 4.69) is 10.2 Å². The van der Waals surface area contributed by atoms with Gasteiger partial charge in [-0.05, 0) is 50.7 Å². The van der Waals surface area contributed by atoms with Gasteiger partial charge in [0.15, 0.2) is 0 Å². The largest absolute Gasteiger partial charge is 0.315 e. The summed E-state index contributed by atoms with van der Waals surface area (Å²) in [4.78, 5) is 2.72. The molecule has 0 aromatic rings. The summed E-state index contributed by atoms with van der Waals surface area (Å²) in [6.07, 6.45) is 4.41. The van der Waals surface area contributed by atoms with Crippen molar-refractivity contribution in [3.05, 3.63) is 0 Å². The molecule has 0 spiro atoms. The van der Waals surface area contributed by atoms with Crippen LogP contribution in [0.4, 0.5) is 0 Å². The maximum Gasteiger partial charge on any atom is 0.0251 e. The zero-order valence-electron chi connectivity index (χ0n) is 7.63. The van der Waals surface area contributed by atoms with Crippen molar-refractivity contribution < 1.29 is 0 Å². The minimum absolute atomic E-state index is 0.909. The molecule has 12 heavy (non-hydrogen) atoms. The average molecular weight is 166 g/mol. The topological polar surface area (TPSA) is 15.3 Å². The van der Waals surface area contributed by atoms with Gasteiger partial charge in [-0.15, -0.1) is 0 Å². The van der Waals surface area contributed by atoms with Gasteiger partial charge in [0, 0.05) is 12.6 Å². The second-order valence-corrected chi connectivity index (χ2v) is 4.60. The van der Waals surface area contributed by atoms with Gasteiger partial charge in [0.05, 0.1) is 0 Å². The quantitative estimate of drug-likeness (QED) is 0.569. The predicted octanol–water partition coefficient (Wildman–Crippen LogP) is 0.690. The zero-order valence-corrected chi connectivity index (χ0v) is 7.63. The van der Waals surface area contributed by atoms with E-state index in [1.165, 1.54) is 45.4 Å². The Labute approximate surface area is 74.3 Å². The fourth-order valence-electron chi connectivity index (χ4n) is 3.49. The van der Waals surface area contributed by atoms with E-state index in [-0.39, 0.29) is 0 Å². The standard InChI is InChI=1S/C10H18N2/c1-4-11-7-10-9(1)8-2-5-12(10)6-3-8/h8-11H,1-7H2. The van der Waals surface area contributed by atoms with Gasteiger partial charge in [-0.25, -0.2) is 0 Å². The molecule has 4 saturated heterocycles. The molecule has 4 aliphatic rings. The molecule has 4 fully saturated rings. The summed E-state index contributed by atoms with van der Waals surface area (Å²) >= 11 is 0. The van der Waals surface area contributed by atoms with Crippen LogP contribution in [0.2, 0.25) is 0 Å². The molecule has 0 amide bonds. The van der Waals surface area contributed by atoms with Crippen molar-refractivity contribution in [2.45, 2.75) is 25.3 Å². The summed E-state index contributed by atoms with van der Waals surface area (Å²) in [5.74, 6) is 2.14. The molecule has 2 nitrogen and oxygen atoms in total. The van der Waals surface area contributed by atoms with Gasteiger partial charge < -0.3 is 5.32 Å². The Morgan fingerprint density at radius 2 is 1.92 bits per heavy atom. The molecule has 68 valence electrons. The Balaban J connectivity index is 1.83. The number of nitrogens with zero attached hydrogens (tertiary/aromatic N) is 1. The van der Waals surface area contributed by atoms with E-state index in [1.807, 2.05) is 0 Å². The third-order valence-electron chi connectivity index (χ3n) is 4.15. The maximum absolute atomic E-state index is 3.53. The number of fused-ring (bicyclic) bond motifs is 2. The molecule has 4 aliphatic heterocycles. The predicted molar refractivity (Wildman–Crippen MR) is 49.1 cm³/mol. The summed E-state index contributed by atoms with van der Waals surface area (Å²) in [7, 11) is 0. The highest BCUT2D eigenvalue weighted by Crippen LogP contribution is 2.39. The normalized spacial score (nSPS) is 52.0. The maximum atomic E-state index is 3.53. The van der Waals surface area contributed by atoms with Gasteiger partial charge >= 0.3 is 0 Å². The van der Waals surface area contributed by atoms with E-state index in [0.717, 1.165) is 17.9 Å². The lowest BCUT2D eigenvalue weighted by atomic mass is 9.71. The molecule has 0 aliphatic carbocycles. The molecule has 1 N–H and O–H groups in total. The fraction of sp³-hybridized carbons (Fsp3) is 1.00. The SMILES string of the molecule is C1CC2C3CCN(CC3)C2CN1. The van der Waals surface area contributed by atoms with E-state index < -0.39 is 0 Å². The van der Waals surface area contributed by atoms with E-state index in [1.54, 1.807) is 0 Å². The minimum atomic E-state index is 0.909. The van der Waals surface area contributed by atoms with Crippen LogP contribution in [0, 0.1) is 11.8 Å². The molecule has 4 heterocycles. The van der Waals surface area contributed by atoms with Crippen LogP contribution >= 0.6 is 0 Å². The number of hydrogen-bond donors (Lipinski definition) is 1. The highest BCUT2D eigenvalue weighted by atomic mass is 15.2. The number of nitrogens with one attached hydrogen (secondary N) is 1. The Morgan fingerprint density at radius 3 is 2.67 bits per heavy atom. The van der Waals surface area contributed by atoms with Crippen molar-refractivity contribution in [2.24, 2.45) is 11.8 Å². The Morgan fingerprint density at radius 1 is 1.08 bits per heavy atom. The van der Waals surface area contributed by atoms with Crippen molar-refractivity contribution in [2.75, 3.05) is 26.2 Å². The Hall–Kier alpha value is -0.0800. The van der Waals surface area contributed by atoms with Gasteiger partial charge in [-0.3, -0.25) is 4.90 Å². The van der Waals surface area contributed by atoms with Crippen molar-refractivity contribution in [1.82, 2.24) is 10.2 Å². The lowest BCUT2D eigenvalue weighted by Crippen LogP contribution is -2.60. The van der Waals surface area contributed by atoms with Crippen LogP contribution in [0.25, 0.3) is 0 Å². The molecule has 2 atom stereocenters. The lowest BCUT2D eigenvalue weighted by Gasteiger charge is -2.53. The van der Waals surface area contributed by atoms with Gasteiger partial charge in [-0.1, -0.05) is 0 Å². The van der Waals surface area contributed by atoms with Gasteiger partial charge in [0.25, 0.3) is 0 Å². The van der Waals surface area contributed by atoms with E-state index in [0.29, 0.717) is 0 Å². The van der Waals surface area contributed by atoms with E-state index >= 15 is 0 Å². The van der Waals surface area contributed by atoms with Crippen molar-refractivity contribution in [3.8, 4) is 0 Å². The second-order valence-electron chi connectivity index (χ2n) is 4.60. The first-order valence-electron chi connectivity index (χ1n) is 5.40. The van der Waals surface area contributed by atoms with E-state index in [4.69, 9.17) is 0 Å². The number of piperidine rings is 4. The summed E-state index contributed by atoms with van der Waals surface area (Å²) in [5, 5.41) is 3.53. The first-order valence-corrected chi connectivity index (χ1v) is 5.40. The lowest BCUT2D eigenvalue weighted by molar-refractivity contribution is -0.0245. The third kappa shape index (κ3) is 0.944. The zero-order chi connectivity index (χ0) is 7.97. The van der Waals surface area contributed by atoms with Crippen molar-refractivity contribution in [1.29, 1.82) is 0 Å². The van der Waals surface area contributed by atoms with Crippen LogP contribution in [0.1, 0.15) is 19.3 Å². The molecule has 0 aromatic heterocycles. The smallest absolute Gasteiger partial charge is 0.0251 e. The van der Waals surface area contributed by atoms with Crippen LogP contribution in [0.3, 0.4) is 0 Å². The third-order valence-corrected chi connectivity index (χ3v) is 4.15. The summed E-state index contributed by atoms with van der Waals surface area (Å²) in [5.41, 5.74) is 0. The average Bonchev–Trinajstić information content (AvgIpc) is 2.20. The fourth-order valence-corrected chi connectivity index (χ4v) is 3.49. The molecular formula is C10H18N2. The summed E-state index contributed by atoms with van der Waals surface area (Å²) < 4.78 is 0. The van der Waals surface area contributed by atoms with Gasteiger partial charge in [0.1, 0.15) is 0 Å². The van der Waals surface area contributed by atoms with Crippen LogP contribution in [0.15, 0.2) is 0 Å². The molecular weight excluding hydrogens is 148 g/mol. The Kier molecular flexibility index (Phi) is 1.66. The molecule has 4 rings (SSSR count). The van der Waals surface area contributed by atoms with Crippen LogP contribution in [-0.4, -0.2) is 37.1 Å². The monoisotopic (exact) mass is 166 g/mol. The van der Waals surface area contributed by atoms with Gasteiger partial charge in [0.2, 0.25) is 0 Å². The van der Waals surface area contributed by atoms with Crippen molar-refractivity contribution in [3.63, 3.8) is 0 Å². The summed E-state index contributed by atoms with van der Waals surface area (Å²) in [6, 6.07) is 0.909. The second kappa shape index (κ2) is 2.71. The highest BCUT2D eigenvalue weighted by Gasteiger charge is 2.42. The molecule has 0 saturated carbocycles. The van der Waals surface area contributed by atoms with Crippen LogP contribution < -0.4 is 5.32 Å². The Bertz CT molecular complexity index is 153. The van der Waals surface area contributed by atoms with E-state index in [9.17, 15) is 0 Å². The first kappa shape index (κ1) is 7.34. The first-order chi connectivity index (χ1) is 5.95. The summed E-state index contributed by atoms with van der Waals surface area (Å²) in [6.45, 7) is 5.30. The van der Waals surface area contributed by atoms with Crippen LogP contribution in [0.5, 0.6) is 0 Å². The molecule has 0 aromatic carbocycles. The minimum Gasteiger partial charge on any atom is -0.315 e.